The average molecular weight is 567 g/mol. The Morgan fingerprint density at radius 1 is 1.26 bits per heavy atom. The van der Waals surface area contributed by atoms with E-state index in [1.165, 1.54) is 4.90 Å². The highest BCUT2D eigenvalue weighted by Gasteiger charge is 2.60. The molecule has 1 saturated carbocycles. The van der Waals surface area contributed by atoms with Crippen molar-refractivity contribution in [3.8, 4) is 6.01 Å². The zero-order valence-electron chi connectivity index (χ0n) is 19.5. The quantitative estimate of drug-likeness (QED) is 0.530. The third-order valence-corrected chi connectivity index (χ3v) is 9.65. The molecular weight excluding hydrogens is 538 g/mol. The van der Waals surface area contributed by atoms with E-state index < -0.39 is 12.1 Å². The first-order chi connectivity index (χ1) is 16.9. The summed E-state index contributed by atoms with van der Waals surface area (Å²) in [6, 6.07) is 7.11. The van der Waals surface area contributed by atoms with Gasteiger partial charge in [-0.1, -0.05) is 34.1 Å². The number of aromatic nitrogens is 2. The number of nitrogens with zero attached hydrogens (tertiary/aromatic N) is 5. The maximum Gasteiger partial charge on any atom is 0.407 e. The number of hydrogen-bond acceptors (Lipinski definition) is 7. The lowest BCUT2D eigenvalue weighted by Crippen LogP contribution is -2.58. The highest BCUT2D eigenvalue weighted by Crippen LogP contribution is 2.49. The summed E-state index contributed by atoms with van der Waals surface area (Å²) in [6.45, 7) is 1.79. The van der Waals surface area contributed by atoms with E-state index in [1.807, 2.05) is 29.3 Å². The molecule has 9 nitrogen and oxygen atoms in total. The first-order valence-electron chi connectivity index (χ1n) is 12.2. The van der Waals surface area contributed by atoms with E-state index in [9.17, 15) is 9.90 Å². The zero-order valence-corrected chi connectivity index (χ0v) is 21.8. The monoisotopic (exact) mass is 565 g/mol. The number of para-hydroxylation sites is 1. The first kappa shape index (κ1) is 23.7. The second kappa shape index (κ2) is 9.30. The first-order valence-corrected chi connectivity index (χ1v) is 13.6. The number of hydroxylamine groups is 2. The number of carbonyl (C=O) groups is 1. The summed E-state index contributed by atoms with van der Waals surface area (Å²) in [7, 11) is 2.10. The number of amides is 1. The minimum Gasteiger partial charge on any atom is -0.465 e. The van der Waals surface area contributed by atoms with Crippen LogP contribution in [0.5, 0.6) is 6.01 Å². The van der Waals surface area contributed by atoms with Gasteiger partial charge in [0.05, 0.1) is 45.6 Å². The summed E-state index contributed by atoms with van der Waals surface area (Å²) in [5.41, 5.74) is 1.34. The van der Waals surface area contributed by atoms with Crippen LogP contribution in [-0.2, 0) is 4.84 Å². The Morgan fingerprint density at radius 3 is 2.77 bits per heavy atom. The molecule has 1 N–H and O–H groups in total. The van der Waals surface area contributed by atoms with Crippen molar-refractivity contribution in [2.45, 2.75) is 66.2 Å². The molecule has 2 aromatic rings. The van der Waals surface area contributed by atoms with Crippen LogP contribution in [0.25, 0.3) is 10.9 Å². The second-order valence-electron chi connectivity index (χ2n) is 9.99. The van der Waals surface area contributed by atoms with Crippen LogP contribution in [0.2, 0.25) is 0 Å². The molecule has 5 unspecified atom stereocenters. The van der Waals surface area contributed by atoms with Crippen molar-refractivity contribution in [3.05, 3.63) is 30.0 Å². The van der Waals surface area contributed by atoms with E-state index in [-0.39, 0.29) is 40.9 Å². The minimum absolute atomic E-state index is 0.170. The minimum atomic E-state index is -1.00. The highest BCUT2D eigenvalue weighted by atomic mass is 79.9. The number of ether oxygens (including phenoxy) is 1. The molecule has 2 bridgehead atoms. The molecule has 188 valence electrons. The molecule has 0 radical (unpaired) electrons. The van der Waals surface area contributed by atoms with Gasteiger partial charge < -0.3 is 14.7 Å². The van der Waals surface area contributed by atoms with Crippen molar-refractivity contribution < 1.29 is 19.5 Å². The van der Waals surface area contributed by atoms with Crippen molar-refractivity contribution in [2.24, 2.45) is 0 Å². The van der Waals surface area contributed by atoms with Gasteiger partial charge in [0.15, 0.2) is 0 Å². The number of likely N-dealkylation sites (tertiary alicyclic amines) is 2. The van der Waals surface area contributed by atoms with Gasteiger partial charge in [-0.3, -0.25) is 9.74 Å². The Bertz CT molecular complexity index is 1120. The molecule has 4 fully saturated rings. The van der Waals surface area contributed by atoms with Crippen LogP contribution in [0, 0.1) is 0 Å². The molecular formula is C24H29BrClN5O4. The summed E-state index contributed by atoms with van der Waals surface area (Å²) in [4.78, 5) is 31.9. The lowest BCUT2D eigenvalue weighted by molar-refractivity contribution is -0.230. The van der Waals surface area contributed by atoms with E-state index in [0.717, 1.165) is 43.1 Å². The van der Waals surface area contributed by atoms with Gasteiger partial charge in [0, 0.05) is 18.0 Å². The molecule has 1 aliphatic carbocycles. The maximum atomic E-state index is 12.5. The van der Waals surface area contributed by atoms with Crippen LogP contribution >= 0.6 is 27.5 Å². The number of halogens is 2. The lowest BCUT2D eigenvalue weighted by Gasteiger charge is -2.45. The molecule has 0 spiro atoms. The Labute approximate surface area is 217 Å². The molecule has 11 heteroatoms. The molecule has 6 atom stereocenters. The molecule has 1 aromatic heterocycles. The van der Waals surface area contributed by atoms with Crippen LogP contribution in [0.3, 0.4) is 0 Å². The van der Waals surface area contributed by atoms with Gasteiger partial charge in [-0.2, -0.15) is 15.0 Å². The van der Waals surface area contributed by atoms with Crippen molar-refractivity contribution in [2.75, 3.05) is 26.7 Å². The fraction of sp³-hybridized carbons (Fsp3) is 0.625. The summed E-state index contributed by atoms with van der Waals surface area (Å²) >= 11 is 10.6. The number of hydrogen-bond donors (Lipinski definition) is 1. The summed E-state index contributed by atoms with van der Waals surface area (Å²) in [5, 5.41) is 12.7. The van der Waals surface area contributed by atoms with E-state index in [1.54, 1.807) is 0 Å². The van der Waals surface area contributed by atoms with Gasteiger partial charge in [0.25, 0.3) is 0 Å². The summed E-state index contributed by atoms with van der Waals surface area (Å²) in [5.74, 6) is 0. The van der Waals surface area contributed by atoms with E-state index in [2.05, 4.69) is 32.9 Å². The van der Waals surface area contributed by atoms with Crippen LogP contribution in [0.1, 0.15) is 37.4 Å². The predicted molar refractivity (Wildman–Crippen MR) is 134 cm³/mol. The van der Waals surface area contributed by atoms with Crippen LogP contribution in [-0.4, -0.2) is 97.2 Å². The number of benzene rings is 1. The molecule has 1 amide bonds. The SMILES string of the molecule is CN1CCC[C@H]1COc1nc(C2C3C(Br)C(Cl)C(CN2C(=O)O)N3OC2CC2)c2ccccc2n1. The van der Waals surface area contributed by atoms with Gasteiger partial charge in [-0.05, 0) is 45.3 Å². The number of rotatable bonds is 6. The molecule has 3 aliphatic heterocycles. The van der Waals surface area contributed by atoms with Crippen LogP contribution in [0.4, 0.5) is 4.79 Å². The van der Waals surface area contributed by atoms with Crippen molar-refractivity contribution >= 4 is 44.5 Å². The second-order valence-corrected chi connectivity index (χ2v) is 11.5. The van der Waals surface area contributed by atoms with Gasteiger partial charge in [-0.15, -0.1) is 11.6 Å². The number of fused-ring (bicyclic) bond motifs is 3. The fourth-order valence-corrected chi connectivity index (χ4v) is 6.84. The molecule has 1 aromatic carbocycles. The van der Waals surface area contributed by atoms with E-state index in [0.29, 0.717) is 18.3 Å². The molecule has 4 heterocycles. The smallest absolute Gasteiger partial charge is 0.407 e. The summed E-state index contributed by atoms with van der Waals surface area (Å²) < 4.78 is 6.11. The number of piperazine rings is 1. The normalized spacial score (nSPS) is 33.5. The number of carboxylic acid groups (broad SMARTS) is 1. The number of likely N-dealkylation sites (N-methyl/N-ethyl adjacent to an activating group) is 1. The Hall–Kier alpha value is -1.72. The van der Waals surface area contributed by atoms with Crippen molar-refractivity contribution in [1.29, 1.82) is 0 Å². The Kier molecular flexibility index (Phi) is 6.29. The van der Waals surface area contributed by atoms with Gasteiger partial charge >= 0.3 is 12.1 Å². The van der Waals surface area contributed by atoms with Crippen LogP contribution < -0.4 is 4.74 Å². The van der Waals surface area contributed by atoms with Gasteiger partial charge in [-0.25, -0.2) is 4.79 Å². The standard InChI is InChI=1S/C24H29BrClN5O4/c1-29-10-4-5-13(29)12-34-23-27-16-7-3-2-6-15(16)20(28-23)22-21-18(25)19(26)17(11-30(22)24(32)33)31(21)35-14-8-9-14/h2-3,6-7,13-14,17-19,21-22H,4-5,8-12H2,1H3,(H,32,33)/t13-,17?,18?,19?,21?,22?/m0/s1. The fourth-order valence-electron chi connectivity index (χ4n) is 5.63. The number of alkyl halides is 2. The lowest BCUT2D eigenvalue weighted by atomic mass is 9.97. The largest absolute Gasteiger partial charge is 0.465 e. The molecule has 4 aliphatic rings. The molecule has 35 heavy (non-hydrogen) atoms. The average Bonchev–Trinajstić information content (AvgIpc) is 3.55. The van der Waals surface area contributed by atoms with Crippen molar-refractivity contribution in [3.63, 3.8) is 0 Å². The highest BCUT2D eigenvalue weighted by molar-refractivity contribution is 9.09. The molecule has 6 rings (SSSR count). The van der Waals surface area contributed by atoms with Crippen molar-refractivity contribution in [1.82, 2.24) is 24.8 Å². The third-order valence-electron chi connectivity index (χ3n) is 7.67. The Morgan fingerprint density at radius 2 is 2.06 bits per heavy atom. The Balaban J connectivity index is 1.41. The van der Waals surface area contributed by atoms with E-state index in [4.69, 9.17) is 26.2 Å². The predicted octanol–water partition coefficient (Wildman–Crippen LogP) is 3.66. The molecule has 3 saturated heterocycles. The summed E-state index contributed by atoms with van der Waals surface area (Å²) in [6.07, 6.45) is 3.41. The van der Waals surface area contributed by atoms with Gasteiger partial charge in [0.2, 0.25) is 0 Å². The third kappa shape index (κ3) is 4.27. The van der Waals surface area contributed by atoms with Gasteiger partial charge in [0.1, 0.15) is 6.61 Å². The topological polar surface area (TPSA) is 91.3 Å². The zero-order chi connectivity index (χ0) is 24.3. The maximum absolute atomic E-state index is 12.5. The van der Waals surface area contributed by atoms with Crippen LogP contribution in [0.15, 0.2) is 24.3 Å². The van der Waals surface area contributed by atoms with E-state index >= 15 is 0 Å².